The van der Waals surface area contributed by atoms with Gasteiger partial charge in [-0.15, -0.1) is 22.7 Å². The molecule has 56 heavy (non-hydrogen) atoms. The molecule has 0 spiro atoms. The lowest BCUT2D eigenvalue weighted by molar-refractivity contribution is 0.332. The molecular weight excluding hydrogens is 716 g/mol. The molecule has 5 heterocycles. The number of hydrogen-bond acceptors (Lipinski definition) is 3. The quantitative estimate of drug-likeness (QED) is 0.152. The van der Waals surface area contributed by atoms with Crippen LogP contribution in [-0.4, -0.2) is 11.3 Å². The fraction of sp³-hybridized carbons (Fsp3) is 0.176. The molecule has 1 aliphatic carbocycles. The average Bonchev–Trinajstić information content (AvgIpc) is 3.87. The van der Waals surface area contributed by atoms with Crippen LogP contribution >= 0.6 is 22.7 Å². The Balaban J connectivity index is 1.24. The molecule has 2 aliphatic heterocycles. The summed E-state index contributed by atoms with van der Waals surface area (Å²) >= 11 is 3.88. The molecule has 2 nitrogen and oxygen atoms in total. The summed E-state index contributed by atoms with van der Waals surface area (Å²) in [5.74, 6) is 0. The Morgan fingerprint density at radius 3 is 2.04 bits per heavy atom. The summed E-state index contributed by atoms with van der Waals surface area (Å²) in [7, 11) is 0. The number of aryl methyl sites for hydroxylation is 1. The van der Waals surface area contributed by atoms with Crippen molar-refractivity contribution in [3.63, 3.8) is 0 Å². The third-order valence-corrected chi connectivity index (χ3v) is 16.2. The topological polar surface area (TPSA) is 8.17 Å². The van der Waals surface area contributed by atoms with Crippen LogP contribution in [0.25, 0.3) is 73.3 Å². The lowest BCUT2D eigenvalue weighted by Gasteiger charge is -2.45. The van der Waals surface area contributed by atoms with E-state index in [1.54, 1.807) is 0 Å². The fourth-order valence-electron chi connectivity index (χ4n) is 11.1. The second-order valence-corrected chi connectivity index (χ2v) is 20.1. The van der Waals surface area contributed by atoms with E-state index in [2.05, 4.69) is 165 Å². The Morgan fingerprint density at radius 1 is 0.554 bits per heavy atom. The lowest BCUT2D eigenvalue weighted by atomic mass is 9.44. The number of rotatable bonds is 1. The molecule has 0 atom stereocenters. The van der Waals surface area contributed by atoms with Gasteiger partial charge in [-0.1, -0.05) is 113 Å². The molecule has 0 saturated carbocycles. The second-order valence-electron chi connectivity index (χ2n) is 17.9. The van der Waals surface area contributed by atoms with Gasteiger partial charge in [-0.25, -0.2) is 0 Å². The molecule has 268 valence electrons. The van der Waals surface area contributed by atoms with E-state index in [1.165, 1.54) is 131 Å². The standard InChI is InChI=1S/C51H39BN2S2/c1-28-23-36-37(51(4,5)22-21-50(36,2)3)26-39(28)53-40-25-35-31-15-8-10-19-42(31)55-44(35)27-38(40)52-46-41(53)24-29-13-6-7-14-30(29)45(46)33-17-12-18-34-47(33)54(52)48-32-16-9-11-20-43(32)56-49(34)48/h6-20,23-27H,21-22H2,1-5H3. The van der Waals surface area contributed by atoms with Crippen molar-refractivity contribution in [1.29, 1.82) is 0 Å². The first kappa shape index (κ1) is 31.8. The minimum Gasteiger partial charge on any atom is -0.374 e. The summed E-state index contributed by atoms with van der Waals surface area (Å²) in [6, 6.07) is 47.0. The number of nitrogens with zero attached hydrogens (tertiary/aromatic N) is 2. The van der Waals surface area contributed by atoms with Crippen molar-refractivity contribution in [3.8, 4) is 11.1 Å². The normalized spacial score (nSPS) is 16.4. The van der Waals surface area contributed by atoms with Crippen molar-refractivity contribution in [2.75, 3.05) is 4.90 Å². The summed E-state index contributed by atoms with van der Waals surface area (Å²) in [6.45, 7) is 12.2. The molecule has 0 N–H and O–H groups in total. The molecule has 3 aromatic heterocycles. The third kappa shape index (κ3) is 3.88. The van der Waals surface area contributed by atoms with E-state index in [9.17, 15) is 0 Å². The largest absolute Gasteiger partial charge is 0.374 e. The number of aromatic nitrogens is 1. The number of para-hydroxylation sites is 1. The molecular formula is C51H39BN2S2. The van der Waals surface area contributed by atoms with Crippen LogP contribution in [0.2, 0.25) is 0 Å². The van der Waals surface area contributed by atoms with Gasteiger partial charge in [0.1, 0.15) is 0 Å². The average molecular weight is 755 g/mol. The minimum absolute atomic E-state index is 0.00619. The van der Waals surface area contributed by atoms with Crippen LogP contribution in [0.15, 0.2) is 121 Å². The van der Waals surface area contributed by atoms with Gasteiger partial charge in [-0.05, 0) is 111 Å². The van der Waals surface area contributed by atoms with E-state index >= 15 is 0 Å². The van der Waals surface area contributed by atoms with Gasteiger partial charge in [0.05, 0.1) is 10.2 Å². The number of benzene rings is 7. The minimum atomic E-state index is 0.00619. The summed E-state index contributed by atoms with van der Waals surface area (Å²) in [5, 5.41) is 8.02. The Labute approximate surface area is 334 Å². The van der Waals surface area contributed by atoms with Gasteiger partial charge in [0.2, 0.25) is 0 Å². The molecule has 0 fully saturated rings. The second kappa shape index (κ2) is 10.5. The molecule has 0 bridgehead atoms. The zero-order valence-corrected chi connectivity index (χ0v) is 33.9. The summed E-state index contributed by atoms with van der Waals surface area (Å²) in [4.78, 5) is 2.69. The van der Waals surface area contributed by atoms with Crippen LogP contribution in [0.5, 0.6) is 0 Å². The molecule has 0 amide bonds. The molecule has 0 unspecified atom stereocenters. The first-order valence-electron chi connectivity index (χ1n) is 20.1. The van der Waals surface area contributed by atoms with Crippen molar-refractivity contribution >= 4 is 120 Å². The molecule has 7 aromatic carbocycles. The first-order valence-corrected chi connectivity index (χ1v) is 21.7. The van der Waals surface area contributed by atoms with Crippen molar-refractivity contribution in [2.45, 2.75) is 58.3 Å². The van der Waals surface area contributed by atoms with Gasteiger partial charge in [-0.3, -0.25) is 0 Å². The molecule has 3 aliphatic rings. The summed E-state index contributed by atoms with van der Waals surface area (Å²) in [6.07, 6.45) is 2.39. The number of anilines is 3. The van der Waals surface area contributed by atoms with Crippen molar-refractivity contribution in [2.24, 2.45) is 0 Å². The van der Waals surface area contributed by atoms with Crippen LogP contribution in [0, 0.1) is 6.92 Å². The van der Waals surface area contributed by atoms with Crippen LogP contribution in [0.3, 0.4) is 0 Å². The number of thiophene rings is 2. The molecule has 0 saturated heterocycles. The maximum atomic E-state index is 2.76. The fourth-order valence-corrected chi connectivity index (χ4v) is 13.4. The van der Waals surface area contributed by atoms with Gasteiger partial charge in [0, 0.05) is 63.8 Å². The lowest BCUT2D eigenvalue weighted by Crippen LogP contribution is -2.56. The van der Waals surface area contributed by atoms with Gasteiger partial charge in [0.15, 0.2) is 0 Å². The van der Waals surface area contributed by atoms with E-state index in [0.29, 0.717) is 0 Å². The van der Waals surface area contributed by atoms with Crippen LogP contribution in [-0.2, 0) is 10.8 Å². The van der Waals surface area contributed by atoms with Crippen LogP contribution in [0.4, 0.5) is 17.1 Å². The van der Waals surface area contributed by atoms with E-state index in [-0.39, 0.29) is 17.7 Å². The Bertz CT molecular complexity index is 3410. The van der Waals surface area contributed by atoms with Crippen molar-refractivity contribution < 1.29 is 0 Å². The maximum absolute atomic E-state index is 2.76. The zero-order valence-electron chi connectivity index (χ0n) is 32.2. The molecule has 13 rings (SSSR count). The highest BCUT2D eigenvalue weighted by atomic mass is 32.1. The van der Waals surface area contributed by atoms with E-state index in [0.717, 1.165) is 0 Å². The van der Waals surface area contributed by atoms with Crippen LogP contribution < -0.4 is 15.8 Å². The van der Waals surface area contributed by atoms with Gasteiger partial charge < -0.3 is 9.38 Å². The zero-order chi connectivity index (χ0) is 37.4. The Morgan fingerprint density at radius 2 is 1.23 bits per heavy atom. The van der Waals surface area contributed by atoms with Crippen molar-refractivity contribution in [1.82, 2.24) is 4.48 Å². The Hall–Kier alpha value is -5.36. The van der Waals surface area contributed by atoms with Gasteiger partial charge in [-0.2, -0.15) is 0 Å². The molecule has 10 aromatic rings. The number of hydrogen-bond donors (Lipinski definition) is 0. The smallest absolute Gasteiger partial charge is 0.333 e. The SMILES string of the molecule is Cc1cc2c(cc1N1c3cc4c(cc3B3c5c1cc1ccccc1c5-c1cccc5c6sc7ccccc7c6n3c15)sc1ccccc14)C(C)(C)CCC2(C)C. The molecule has 0 radical (unpaired) electrons. The first-order chi connectivity index (χ1) is 27.2. The van der Waals surface area contributed by atoms with E-state index in [4.69, 9.17) is 0 Å². The van der Waals surface area contributed by atoms with Gasteiger partial charge in [0.25, 0.3) is 0 Å². The van der Waals surface area contributed by atoms with E-state index < -0.39 is 0 Å². The summed E-state index contributed by atoms with van der Waals surface area (Å²) < 4.78 is 8.21. The highest BCUT2D eigenvalue weighted by molar-refractivity contribution is 7.27. The van der Waals surface area contributed by atoms with Crippen LogP contribution in [0.1, 0.15) is 57.2 Å². The van der Waals surface area contributed by atoms with Gasteiger partial charge >= 0.3 is 6.85 Å². The number of fused-ring (bicyclic) bond motifs is 15. The highest BCUT2D eigenvalue weighted by Gasteiger charge is 2.45. The predicted octanol–water partition coefficient (Wildman–Crippen LogP) is 13.6. The maximum Gasteiger partial charge on any atom is 0.333 e. The monoisotopic (exact) mass is 754 g/mol. The summed E-state index contributed by atoms with van der Waals surface area (Å²) in [5.41, 5.74) is 16.7. The van der Waals surface area contributed by atoms with Crippen molar-refractivity contribution in [3.05, 3.63) is 138 Å². The highest BCUT2D eigenvalue weighted by Crippen LogP contribution is 2.53. The predicted molar refractivity (Wildman–Crippen MR) is 246 cm³/mol. The Kier molecular flexibility index (Phi) is 5.98. The van der Waals surface area contributed by atoms with E-state index in [1.807, 2.05) is 22.7 Å². The third-order valence-electron chi connectivity index (χ3n) is 13.9. The molecule has 5 heteroatoms.